The second kappa shape index (κ2) is 8.81. The van der Waals surface area contributed by atoms with Crippen LogP contribution in [-0.4, -0.2) is 25.5 Å². The van der Waals surface area contributed by atoms with Gasteiger partial charge in [0.1, 0.15) is 5.82 Å². The zero-order valence-corrected chi connectivity index (χ0v) is 20.4. The van der Waals surface area contributed by atoms with Gasteiger partial charge in [0, 0.05) is 23.1 Å². The molecule has 7 heteroatoms. The maximum atomic E-state index is 14.2. The molecule has 0 saturated heterocycles. The van der Waals surface area contributed by atoms with Crippen LogP contribution in [0.15, 0.2) is 102 Å². The summed E-state index contributed by atoms with van der Waals surface area (Å²) in [6, 6.07) is 29.2. The van der Waals surface area contributed by atoms with Crippen LogP contribution in [0.4, 0.5) is 5.82 Å². The minimum absolute atomic E-state index is 0.0383. The molecule has 1 aliphatic carbocycles. The van der Waals surface area contributed by atoms with Gasteiger partial charge in [0.25, 0.3) is 5.56 Å². The first kappa shape index (κ1) is 22.2. The fraction of sp³-hybridized carbons (Fsp3) is 0.0968. The average Bonchev–Trinajstić information content (AvgIpc) is 3.75. The number of aromatic amines is 1. The number of aromatic nitrogens is 4. The van der Waals surface area contributed by atoms with Crippen molar-refractivity contribution in [3.05, 3.63) is 108 Å². The van der Waals surface area contributed by atoms with Crippen molar-refractivity contribution in [2.45, 2.75) is 12.8 Å². The molecule has 1 saturated carbocycles. The first-order valence-corrected chi connectivity index (χ1v) is 12.6. The van der Waals surface area contributed by atoms with Crippen LogP contribution in [0, 0.1) is 5.92 Å². The van der Waals surface area contributed by atoms with E-state index in [2.05, 4.69) is 15.4 Å². The summed E-state index contributed by atoms with van der Waals surface area (Å²) in [7, 11) is 0. The predicted molar refractivity (Wildman–Crippen MR) is 149 cm³/mol. The van der Waals surface area contributed by atoms with E-state index in [1.54, 1.807) is 6.20 Å². The Balaban J connectivity index is 1.54. The highest BCUT2D eigenvalue weighted by atomic mass is 16.2. The summed E-state index contributed by atoms with van der Waals surface area (Å²) in [4.78, 5) is 36.5. The number of amides is 1. The minimum Gasteiger partial charge on any atom is -0.310 e. The van der Waals surface area contributed by atoms with E-state index in [0.717, 1.165) is 46.1 Å². The molecule has 1 fully saturated rings. The number of H-pyrrole nitrogens is 1. The highest BCUT2D eigenvalue weighted by molar-refractivity contribution is 5.99. The molecular formula is C31H23N5O2. The number of carbonyl (C=O) groups excluding carboxylic acids is 1. The van der Waals surface area contributed by atoms with Crippen molar-refractivity contribution in [1.82, 2.24) is 19.6 Å². The smallest absolute Gasteiger partial charge is 0.282 e. The Bertz CT molecular complexity index is 1890. The molecule has 0 bridgehead atoms. The van der Waals surface area contributed by atoms with Gasteiger partial charge in [0.2, 0.25) is 5.91 Å². The average molecular weight is 498 g/mol. The third kappa shape index (κ3) is 3.76. The number of rotatable bonds is 5. The van der Waals surface area contributed by atoms with Gasteiger partial charge in [-0.25, -0.2) is 4.98 Å². The van der Waals surface area contributed by atoms with Crippen LogP contribution in [0.5, 0.6) is 0 Å². The SMILES string of the molecule is O=C(Nc1nc2c(-c3ccccc3)c(-c3ccccc3)[nH]n2c(=O)c1-c1ccc2ncccc2c1)C1CC1. The maximum absolute atomic E-state index is 14.2. The Labute approximate surface area is 217 Å². The molecule has 3 aromatic heterocycles. The maximum Gasteiger partial charge on any atom is 0.282 e. The molecule has 0 aliphatic heterocycles. The summed E-state index contributed by atoms with van der Waals surface area (Å²) in [5, 5.41) is 7.21. The van der Waals surface area contributed by atoms with Crippen molar-refractivity contribution < 1.29 is 4.79 Å². The molecule has 38 heavy (non-hydrogen) atoms. The summed E-state index contributed by atoms with van der Waals surface area (Å²) >= 11 is 0. The lowest BCUT2D eigenvalue weighted by Gasteiger charge is -2.12. The van der Waals surface area contributed by atoms with Gasteiger partial charge in [-0.15, -0.1) is 0 Å². The van der Waals surface area contributed by atoms with Crippen molar-refractivity contribution in [2.24, 2.45) is 5.92 Å². The zero-order valence-electron chi connectivity index (χ0n) is 20.4. The highest BCUT2D eigenvalue weighted by Crippen LogP contribution is 2.37. The molecule has 7 rings (SSSR count). The van der Waals surface area contributed by atoms with E-state index in [4.69, 9.17) is 4.98 Å². The van der Waals surface area contributed by atoms with E-state index in [1.165, 1.54) is 4.52 Å². The lowest BCUT2D eigenvalue weighted by Crippen LogP contribution is -2.23. The standard InChI is InChI=1S/C31H23N5O2/c37-30(21-13-14-21)34-28-26(23-15-16-24-22(18-23)12-7-17-32-24)31(38)36-29(33-28)25(19-8-3-1-4-9-19)27(35-36)20-10-5-2-6-11-20/h1-12,15-18,21,35H,13-14H2,(H,34,37). The number of pyridine rings is 1. The summed E-state index contributed by atoms with van der Waals surface area (Å²) in [5.74, 6) is 0.125. The van der Waals surface area contributed by atoms with Gasteiger partial charge in [-0.05, 0) is 42.2 Å². The molecule has 6 aromatic rings. The molecule has 1 amide bonds. The topological polar surface area (TPSA) is 92.1 Å². The van der Waals surface area contributed by atoms with Gasteiger partial charge in [0.15, 0.2) is 5.65 Å². The van der Waals surface area contributed by atoms with Crippen LogP contribution in [0.2, 0.25) is 0 Å². The molecule has 184 valence electrons. The Hall–Kier alpha value is -5.04. The van der Waals surface area contributed by atoms with Crippen LogP contribution in [0.3, 0.4) is 0 Å². The molecular weight excluding hydrogens is 474 g/mol. The largest absolute Gasteiger partial charge is 0.310 e. The van der Waals surface area contributed by atoms with Gasteiger partial charge >= 0.3 is 0 Å². The third-order valence-electron chi connectivity index (χ3n) is 6.99. The highest BCUT2D eigenvalue weighted by Gasteiger charge is 2.31. The molecule has 3 heterocycles. The fourth-order valence-electron chi connectivity index (χ4n) is 4.91. The second-order valence-corrected chi connectivity index (χ2v) is 9.57. The summed E-state index contributed by atoms with van der Waals surface area (Å²) < 4.78 is 1.49. The van der Waals surface area contributed by atoms with Crippen LogP contribution < -0.4 is 10.9 Å². The summed E-state index contributed by atoms with van der Waals surface area (Å²) in [6.07, 6.45) is 3.43. The van der Waals surface area contributed by atoms with Crippen LogP contribution >= 0.6 is 0 Å². The van der Waals surface area contributed by atoms with Gasteiger partial charge in [-0.3, -0.25) is 19.7 Å². The van der Waals surface area contributed by atoms with E-state index < -0.39 is 0 Å². The van der Waals surface area contributed by atoms with Crippen molar-refractivity contribution >= 4 is 28.3 Å². The lowest BCUT2D eigenvalue weighted by molar-refractivity contribution is -0.117. The Morgan fingerprint density at radius 2 is 1.58 bits per heavy atom. The van der Waals surface area contributed by atoms with Crippen LogP contribution in [-0.2, 0) is 4.79 Å². The summed E-state index contributed by atoms with van der Waals surface area (Å²) in [5.41, 5.74) is 5.42. The summed E-state index contributed by atoms with van der Waals surface area (Å²) in [6.45, 7) is 0. The third-order valence-corrected chi connectivity index (χ3v) is 6.99. The first-order chi connectivity index (χ1) is 18.7. The number of anilines is 1. The van der Waals surface area contributed by atoms with Crippen LogP contribution in [0.25, 0.3) is 50.1 Å². The Kier molecular flexibility index (Phi) is 5.14. The molecule has 0 atom stereocenters. The van der Waals surface area contributed by atoms with E-state index in [9.17, 15) is 9.59 Å². The van der Waals surface area contributed by atoms with Gasteiger partial charge < -0.3 is 5.32 Å². The second-order valence-electron chi connectivity index (χ2n) is 9.57. The van der Waals surface area contributed by atoms with E-state index in [1.807, 2.05) is 91.0 Å². The van der Waals surface area contributed by atoms with Crippen molar-refractivity contribution in [3.8, 4) is 33.5 Å². The number of hydrogen-bond acceptors (Lipinski definition) is 4. The quantitative estimate of drug-likeness (QED) is 0.309. The normalized spacial score (nSPS) is 13.2. The Morgan fingerprint density at radius 1 is 0.842 bits per heavy atom. The monoisotopic (exact) mass is 497 g/mol. The van der Waals surface area contributed by atoms with Crippen molar-refractivity contribution in [3.63, 3.8) is 0 Å². The van der Waals surface area contributed by atoms with E-state index in [0.29, 0.717) is 16.8 Å². The van der Waals surface area contributed by atoms with Gasteiger partial charge in [-0.2, -0.15) is 4.52 Å². The molecule has 0 radical (unpaired) electrons. The zero-order chi connectivity index (χ0) is 25.6. The number of hydrogen-bond donors (Lipinski definition) is 2. The number of nitrogens with zero attached hydrogens (tertiary/aromatic N) is 3. The molecule has 3 aromatic carbocycles. The number of nitrogens with one attached hydrogen (secondary N) is 2. The molecule has 1 aliphatic rings. The number of carbonyl (C=O) groups is 1. The van der Waals surface area contributed by atoms with Gasteiger partial charge in [-0.1, -0.05) is 72.8 Å². The van der Waals surface area contributed by atoms with E-state index in [-0.39, 0.29) is 23.2 Å². The number of fused-ring (bicyclic) bond motifs is 2. The lowest BCUT2D eigenvalue weighted by atomic mass is 10.0. The molecule has 2 N–H and O–H groups in total. The van der Waals surface area contributed by atoms with Crippen molar-refractivity contribution in [1.29, 1.82) is 0 Å². The fourth-order valence-corrected chi connectivity index (χ4v) is 4.91. The van der Waals surface area contributed by atoms with Gasteiger partial charge in [0.05, 0.1) is 22.3 Å². The number of benzene rings is 3. The predicted octanol–water partition coefficient (Wildman–Crippen LogP) is 5.92. The molecule has 0 unspecified atom stereocenters. The molecule has 7 nitrogen and oxygen atoms in total. The first-order valence-electron chi connectivity index (χ1n) is 12.6. The van der Waals surface area contributed by atoms with E-state index >= 15 is 0 Å². The Morgan fingerprint density at radius 3 is 2.32 bits per heavy atom. The molecule has 0 spiro atoms. The van der Waals surface area contributed by atoms with Crippen LogP contribution in [0.1, 0.15) is 12.8 Å². The minimum atomic E-state index is -0.288. The van der Waals surface area contributed by atoms with Crippen molar-refractivity contribution in [2.75, 3.05) is 5.32 Å².